The van der Waals surface area contributed by atoms with E-state index in [1.807, 2.05) is 30.3 Å². The summed E-state index contributed by atoms with van der Waals surface area (Å²) in [6, 6.07) is 15.5. The highest BCUT2D eigenvalue weighted by molar-refractivity contribution is 7.14. The normalized spacial score (nSPS) is 10.2. The molecule has 25 heavy (non-hydrogen) atoms. The minimum absolute atomic E-state index is 0.120. The number of benzene rings is 2. The molecule has 6 nitrogen and oxygen atoms in total. The molecule has 126 valence electrons. The largest absolute Gasteiger partial charge is 0.508 e. The lowest BCUT2D eigenvalue weighted by molar-refractivity contribution is -0.115. The number of phenols is 1. The summed E-state index contributed by atoms with van der Waals surface area (Å²) in [7, 11) is 0. The third kappa shape index (κ3) is 4.65. The van der Waals surface area contributed by atoms with Crippen molar-refractivity contribution in [2.75, 3.05) is 10.6 Å². The van der Waals surface area contributed by atoms with Crippen molar-refractivity contribution >= 4 is 34.0 Å². The number of aromatic hydroxyl groups is 1. The number of aromatic nitrogens is 1. The van der Waals surface area contributed by atoms with Crippen molar-refractivity contribution < 1.29 is 14.7 Å². The van der Waals surface area contributed by atoms with Crippen molar-refractivity contribution in [3.05, 3.63) is 71.2 Å². The van der Waals surface area contributed by atoms with Crippen LogP contribution in [0.1, 0.15) is 16.1 Å². The van der Waals surface area contributed by atoms with Gasteiger partial charge in [-0.05, 0) is 29.8 Å². The zero-order chi connectivity index (χ0) is 17.6. The Labute approximate surface area is 148 Å². The number of nitrogens with zero attached hydrogens (tertiary/aromatic N) is 1. The van der Waals surface area contributed by atoms with Crippen LogP contribution in [0.3, 0.4) is 0 Å². The molecule has 2 aromatic carbocycles. The Balaban J connectivity index is 1.59. The number of carbonyl (C=O) groups is 2. The van der Waals surface area contributed by atoms with E-state index in [0.29, 0.717) is 10.8 Å². The molecule has 0 aliphatic carbocycles. The van der Waals surface area contributed by atoms with Crippen LogP contribution in [-0.4, -0.2) is 21.9 Å². The Morgan fingerprint density at radius 1 is 1.00 bits per heavy atom. The van der Waals surface area contributed by atoms with Crippen LogP contribution in [0.15, 0.2) is 60.0 Å². The second-order valence-corrected chi connectivity index (χ2v) is 6.11. The number of anilines is 2. The number of rotatable bonds is 5. The van der Waals surface area contributed by atoms with Crippen LogP contribution in [0.2, 0.25) is 0 Å². The second-order valence-electron chi connectivity index (χ2n) is 5.25. The third-order valence-corrected chi connectivity index (χ3v) is 4.07. The average Bonchev–Trinajstić information content (AvgIpc) is 3.06. The quantitative estimate of drug-likeness (QED) is 0.614. The van der Waals surface area contributed by atoms with Crippen LogP contribution in [0, 0.1) is 0 Å². The van der Waals surface area contributed by atoms with Gasteiger partial charge in [0, 0.05) is 11.1 Å². The lowest BCUT2D eigenvalue weighted by Crippen LogP contribution is -2.15. The molecule has 0 saturated carbocycles. The van der Waals surface area contributed by atoms with Crippen molar-refractivity contribution in [3.8, 4) is 5.75 Å². The van der Waals surface area contributed by atoms with Gasteiger partial charge in [0.25, 0.3) is 5.91 Å². The molecule has 1 aromatic heterocycles. The molecule has 3 N–H and O–H groups in total. The van der Waals surface area contributed by atoms with E-state index in [1.54, 1.807) is 17.5 Å². The van der Waals surface area contributed by atoms with Crippen LogP contribution < -0.4 is 10.6 Å². The summed E-state index contributed by atoms with van der Waals surface area (Å²) in [6.07, 6.45) is 0.245. The molecule has 0 spiro atoms. The molecular formula is C18H15N3O3S. The second kappa shape index (κ2) is 7.59. The molecule has 0 aliphatic heterocycles. The maximum atomic E-state index is 12.1. The van der Waals surface area contributed by atoms with Gasteiger partial charge in [-0.25, -0.2) is 4.98 Å². The fourth-order valence-corrected chi connectivity index (χ4v) is 2.83. The van der Waals surface area contributed by atoms with Crippen molar-refractivity contribution in [3.63, 3.8) is 0 Å². The van der Waals surface area contributed by atoms with Gasteiger partial charge in [0.1, 0.15) is 11.4 Å². The zero-order valence-electron chi connectivity index (χ0n) is 13.1. The number of amides is 2. The van der Waals surface area contributed by atoms with E-state index in [4.69, 9.17) is 0 Å². The first-order valence-corrected chi connectivity index (χ1v) is 8.38. The monoisotopic (exact) mass is 353 g/mol. The van der Waals surface area contributed by atoms with Crippen LogP contribution >= 0.6 is 11.3 Å². The van der Waals surface area contributed by atoms with Crippen molar-refractivity contribution in [1.82, 2.24) is 4.98 Å². The molecule has 0 fully saturated rings. The number of carbonyl (C=O) groups excluding carboxylic acids is 2. The maximum absolute atomic E-state index is 12.1. The Kier molecular flexibility index (Phi) is 5.06. The molecule has 3 aromatic rings. The predicted molar refractivity (Wildman–Crippen MR) is 96.9 cm³/mol. The van der Waals surface area contributed by atoms with Gasteiger partial charge in [-0.1, -0.05) is 30.3 Å². The van der Waals surface area contributed by atoms with Gasteiger partial charge in [-0.2, -0.15) is 0 Å². The minimum Gasteiger partial charge on any atom is -0.508 e. The van der Waals surface area contributed by atoms with Gasteiger partial charge in [-0.15, -0.1) is 11.3 Å². The van der Waals surface area contributed by atoms with Gasteiger partial charge in [0.05, 0.1) is 6.42 Å². The average molecular weight is 353 g/mol. The fraction of sp³-hybridized carbons (Fsp3) is 0.0556. The van der Waals surface area contributed by atoms with Gasteiger partial charge in [0.2, 0.25) is 5.91 Å². The number of hydrogen-bond donors (Lipinski definition) is 3. The van der Waals surface area contributed by atoms with E-state index in [-0.39, 0.29) is 29.7 Å². The van der Waals surface area contributed by atoms with E-state index in [9.17, 15) is 14.7 Å². The molecule has 0 aliphatic rings. The zero-order valence-corrected chi connectivity index (χ0v) is 13.9. The summed E-state index contributed by atoms with van der Waals surface area (Å²) < 4.78 is 0. The molecule has 0 radical (unpaired) electrons. The summed E-state index contributed by atoms with van der Waals surface area (Å²) in [5.74, 6) is -0.452. The number of hydrogen-bond acceptors (Lipinski definition) is 5. The first-order chi connectivity index (χ1) is 12.1. The predicted octanol–water partition coefficient (Wildman–Crippen LogP) is 3.28. The minimum atomic E-state index is -0.384. The topological polar surface area (TPSA) is 91.3 Å². The number of phenolic OH excluding ortho intramolecular Hbond substituents is 1. The summed E-state index contributed by atoms with van der Waals surface area (Å²) in [6.45, 7) is 0. The molecular weight excluding hydrogens is 338 g/mol. The highest BCUT2D eigenvalue weighted by atomic mass is 32.1. The van der Waals surface area contributed by atoms with E-state index >= 15 is 0 Å². The molecule has 7 heteroatoms. The lowest BCUT2D eigenvalue weighted by atomic mass is 10.1. The van der Waals surface area contributed by atoms with Crippen LogP contribution in [0.5, 0.6) is 5.75 Å². The Morgan fingerprint density at radius 3 is 2.44 bits per heavy atom. The first-order valence-electron chi connectivity index (χ1n) is 7.50. The van der Waals surface area contributed by atoms with E-state index < -0.39 is 0 Å². The van der Waals surface area contributed by atoms with E-state index in [0.717, 1.165) is 5.56 Å². The van der Waals surface area contributed by atoms with E-state index in [2.05, 4.69) is 15.6 Å². The summed E-state index contributed by atoms with van der Waals surface area (Å²) in [5, 5.41) is 16.6. The van der Waals surface area contributed by atoms with Gasteiger partial charge < -0.3 is 15.7 Å². The third-order valence-electron chi connectivity index (χ3n) is 3.32. The number of thiazole rings is 1. The molecule has 0 saturated heterocycles. The standard InChI is InChI=1S/C18H15N3O3S/c22-14-8-6-13(7-9-14)19-17(24)15-11-25-18(20-15)21-16(23)10-12-4-2-1-3-5-12/h1-9,11,22H,10H2,(H,19,24)(H,20,21,23). The smallest absolute Gasteiger partial charge is 0.275 e. The molecule has 0 unspecified atom stereocenters. The SMILES string of the molecule is O=C(Cc1ccccc1)Nc1nc(C(=O)Nc2ccc(O)cc2)cs1. The van der Waals surface area contributed by atoms with Crippen LogP contribution in [-0.2, 0) is 11.2 Å². The van der Waals surface area contributed by atoms with Gasteiger partial charge in [-0.3, -0.25) is 9.59 Å². The molecule has 1 heterocycles. The van der Waals surface area contributed by atoms with Crippen molar-refractivity contribution in [2.24, 2.45) is 0 Å². The molecule has 0 bridgehead atoms. The molecule has 2 amide bonds. The van der Waals surface area contributed by atoms with Crippen LogP contribution in [0.25, 0.3) is 0 Å². The summed E-state index contributed by atoms with van der Waals surface area (Å²) >= 11 is 1.19. The Hall–Kier alpha value is -3.19. The first kappa shape index (κ1) is 16.7. The summed E-state index contributed by atoms with van der Waals surface area (Å²) in [4.78, 5) is 28.3. The highest BCUT2D eigenvalue weighted by Gasteiger charge is 2.13. The Bertz CT molecular complexity index is 876. The molecule has 3 rings (SSSR count). The van der Waals surface area contributed by atoms with Gasteiger partial charge >= 0.3 is 0 Å². The lowest BCUT2D eigenvalue weighted by Gasteiger charge is -2.03. The number of nitrogens with one attached hydrogen (secondary N) is 2. The van der Waals surface area contributed by atoms with E-state index in [1.165, 1.54) is 23.5 Å². The van der Waals surface area contributed by atoms with Crippen molar-refractivity contribution in [1.29, 1.82) is 0 Å². The summed E-state index contributed by atoms with van der Waals surface area (Å²) in [5.41, 5.74) is 1.67. The molecule has 0 atom stereocenters. The fourth-order valence-electron chi connectivity index (χ4n) is 2.12. The van der Waals surface area contributed by atoms with Crippen LogP contribution in [0.4, 0.5) is 10.8 Å². The highest BCUT2D eigenvalue weighted by Crippen LogP contribution is 2.18. The maximum Gasteiger partial charge on any atom is 0.275 e. The Morgan fingerprint density at radius 2 is 1.72 bits per heavy atom. The van der Waals surface area contributed by atoms with Gasteiger partial charge in [0.15, 0.2) is 5.13 Å². The van der Waals surface area contributed by atoms with Crippen molar-refractivity contribution in [2.45, 2.75) is 6.42 Å².